The Balaban J connectivity index is 1.72. The molecule has 2 aromatic carbocycles. The molecule has 0 fully saturated rings. The van der Waals surface area contributed by atoms with Crippen LogP contribution in [0.3, 0.4) is 0 Å². The van der Waals surface area contributed by atoms with Crippen LogP contribution >= 0.6 is 11.6 Å². The Morgan fingerprint density at radius 1 is 1.04 bits per heavy atom. The second-order valence-electron chi connectivity index (χ2n) is 6.04. The number of aromatic nitrogens is 1. The molecule has 1 heterocycles. The third kappa shape index (κ3) is 4.92. The largest absolute Gasteiger partial charge is 0.336 e. The number of halogens is 1. The molecule has 0 bridgehead atoms. The van der Waals surface area contributed by atoms with Crippen LogP contribution in [-0.4, -0.2) is 28.7 Å². The minimum Gasteiger partial charge on any atom is -0.336 e. The van der Waals surface area contributed by atoms with Gasteiger partial charge in [0, 0.05) is 36.1 Å². The summed E-state index contributed by atoms with van der Waals surface area (Å²) in [6.07, 6.45) is 1.45. The second kappa shape index (κ2) is 8.47. The second-order valence-corrected chi connectivity index (χ2v) is 6.48. The molecule has 0 unspecified atom stereocenters. The smallest absolute Gasteiger partial charge is 0.272 e. The molecule has 0 spiro atoms. The van der Waals surface area contributed by atoms with Crippen molar-refractivity contribution in [2.75, 3.05) is 12.4 Å². The average Bonchev–Trinajstić information content (AvgIpc) is 2.68. The van der Waals surface area contributed by atoms with Crippen molar-refractivity contribution >= 4 is 29.1 Å². The number of hydrogen-bond acceptors (Lipinski definition) is 3. The van der Waals surface area contributed by atoms with E-state index < -0.39 is 0 Å². The van der Waals surface area contributed by atoms with E-state index in [4.69, 9.17) is 11.6 Å². The van der Waals surface area contributed by atoms with E-state index in [2.05, 4.69) is 10.3 Å². The summed E-state index contributed by atoms with van der Waals surface area (Å²) in [4.78, 5) is 30.8. The van der Waals surface area contributed by atoms with Crippen molar-refractivity contribution in [1.29, 1.82) is 0 Å². The predicted molar refractivity (Wildman–Crippen MR) is 106 cm³/mol. The van der Waals surface area contributed by atoms with E-state index in [1.807, 2.05) is 30.3 Å². The fraction of sp³-hybridized carbons (Fsp3) is 0.0952. The van der Waals surface area contributed by atoms with E-state index in [0.29, 0.717) is 22.8 Å². The molecule has 136 valence electrons. The summed E-state index contributed by atoms with van der Waals surface area (Å²) in [5.74, 6) is -0.587. The Bertz CT molecular complexity index is 960. The third-order valence-electron chi connectivity index (χ3n) is 3.93. The van der Waals surface area contributed by atoms with Gasteiger partial charge in [0.05, 0.1) is 0 Å². The molecule has 1 N–H and O–H groups in total. The van der Waals surface area contributed by atoms with Gasteiger partial charge in [-0.05, 0) is 35.9 Å². The minimum absolute atomic E-state index is 0.215. The van der Waals surface area contributed by atoms with Crippen LogP contribution in [0.25, 0.3) is 0 Å². The van der Waals surface area contributed by atoms with Crippen molar-refractivity contribution in [3.63, 3.8) is 0 Å². The van der Waals surface area contributed by atoms with Crippen molar-refractivity contribution in [3.8, 4) is 0 Å². The number of nitrogens with one attached hydrogen (secondary N) is 1. The zero-order valence-corrected chi connectivity index (χ0v) is 15.5. The minimum atomic E-state index is -0.334. The van der Waals surface area contributed by atoms with E-state index >= 15 is 0 Å². The van der Waals surface area contributed by atoms with Crippen LogP contribution in [-0.2, 0) is 6.54 Å². The van der Waals surface area contributed by atoms with Crippen molar-refractivity contribution in [1.82, 2.24) is 9.88 Å². The third-order valence-corrected chi connectivity index (χ3v) is 4.17. The first kappa shape index (κ1) is 18.6. The summed E-state index contributed by atoms with van der Waals surface area (Å²) in [6, 6.07) is 19.6. The maximum atomic E-state index is 12.6. The number of hydrogen-bond donors (Lipinski definition) is 1. The number of pyridine rings is 1. The van der Waals surface area contributed by atoms with Crippen molar-refractivity contribution < 1.29 is 9.59 Å². The van der Waals surface area contributed by atoms with Crippen LogP contribution in [0.1, 0.15) is 26.4 Å². The normalized spacial score (nSPS) is 10.3. The molecule has 0 saturated carbocycles. The van der Waals surface area contributed by atoms with Gasteiger partial charge in [-0.25, -0.2) is 0 Å². The molecule has 1 aromatic heterocycles. The summed E-state index contributed by atoms with van der Waals surface area (Å²) < 4.78 is 0. The van der Waals surface area contributed by atoms with Crippen LogP contribution in [0.2, 0.25) is 5.02 Å². The standard InChI is InChI=1S/C21H18ClN3O2/c1-25(14-15-6-3-2-4-7-15)21(27)19-12-16(10-11-23-19)20(26)24-18-9-5-8-17(22)13-18/h2-13H,14H2,1H3,(H,24,26). The van der Waals surface area contributed by atoms with Gasteiger partial charge >= 0.3 is 0 Å². The zero-order valence-electron chi connectivity index (χ0n) is 14.7. The van der Waals surface area contributed by atoms with Gasteiger partial charge in [-0.3, -0.25) is 14.6 Å². The zero-order chi connectivity index (χ0) is 19.2. The van der Waals surface area contributed by atoms with E-state index in [1.54, 1.807) is 42.3 Å². The van der Waals surface area contributed by atoms with Crippen LogP contribution in [0.4, 0.5) is 5.69 Å². The van der Waals surface area contributed by atoms with E-state index in [9.17, 15) is 9.59 Å². The first-order valence-corrected chi connectivity index (χ1v) is 8.73. The highest BCUT2D eigenvalue weighted by Gasteiger charge is 2.16. The SMILES string of the molecule is CN(Cc1ccccc1)C(=O)c1cc(C(=O)Nc2cccc(Cl)c2)ccn1. The molecule has 0 saturated heterocycles. The molecule has 0 aliphatic heterocycles. The number of benzene rings is 2. The maximum Gasteiger partial charge on any atom is 0.272 e. The van der Waals surface area contributed by atoms with Gasteiger partial charge in [-0.2, -0.15) is 0 Å². The molecule has 27 heavy (non-hydrogen) atoms. The van der Waals surface area contributed by atoms with E-state index in [-0.39, 0.29) is 17.5 Å². The summed E-state index contributed by atoms with van der Waals surface area (Å²) in [5, 5.41) is 3.29. The summed E-state index contributed by atoms with van der Waals surface area (Å²) in [5.41, 5.74) is 2.16. The highest BCUT2D eigenvalue weighted by atomic mass is 35.5. The Hall–Kier alpha value is -3.18. The molecule has 6 heteroatoms. The Labute approximate surface area is 162 Å². The molecule has 2 amide bonds. The van der Waals surface area contributed by atoms with E-state index in [0.717, 1.165) is 5.56 Å². The molecule has 3 aromatic rings. The highest BCUT2D eigenvalue weighted by molar-refractivity contribution is 6.31. The lowest BCUT2D eigenvalue weighted by molar-refractivity contribution is 0.0779. The Morgan fingerprint density at radius 3 is 2.56 bits per heavy atom. The number of carbonyl (C=O) groups excluding carboxylic acids is 2. The first-order chi connectivity index (χ1) is 13.0. The van der Waals surface area contributed by atoms with Crippen molar-refractivity contribution in [2.45, 2.75) is 6.54 Å². The van der Waals surface area contributed by atoms with Crippen LogP contribution in [0, 0.1) is 0 Å². The summed E-state index contributed by atoms with van der Waals surface area (Å²) in [6.45, 7) is 0.459. The predicted octanol–water partition coefficient (Wildman–Crippen LogP) is 4.26. The van der Waals surface area contributed by atoms with Crippen molar-refractivity contribution in [3.05, 3.63) is 94.8 Å². The Morgan fingerprint density at radius 2 is 1.81 bits per heavy atom. The fourth-order valence-electron chi connectivity index (χ4n) is 2.58. The summed E-state index contributed by atoms with van der Waals surface area (Å²) in [7, 11) is 1.70. The quantitative estimate of drug-likeness (QED) is 0.720. The Kier molecular flexibility index (Phi) is 5.84. The van der Waals surface area contributed by atoms with Crippen LogP contribution in [0.5, 0.6) is 0 Å². The lowest BCUT2D eigenvalue weighted by atomic mass is 10.1. The van der Waals surface area contributed by atoms with Crippen LogP contribution in [0.15, 0.2) is 72.9 Å². The average molecular weight is 380 g/mol. The molecule has 3 rings (SSSR count). The van der Waals surface area contributed by atoms with Gasteiger partial charge in [-0.1, -0.05) is 48.0 Å². The topological polar surface area (TPSA) is 62.3 Å². The fourth-order valence-corrected chi connectivity index (χ4v) is 2.77. The van der Waals surface area contributed by atoms with Crippen molar-refractivity contribution in [2.24, 2.45) is 0 Å². The highest BCUT2D eigenvalue weighted by Crippen LogP contribution is 2.16. The van der Waals surface area contributed by atoms with E-state index in [1.165, 1.54) is 12.3 Å². The van der Waals surface area contributed by atoms with Gasteiger partial charge < -0.3 is 10.2 Å². The van der Waals surface area contributed by atoms with Gasteiger partial charge in [-0.15, -0.1) is 0 Å². The first-order valence-electron chi connectivity index (χ1n) is 8.35. The molecular weight excluding hydrogens is 362 g/mol. The lowest BCUT2D eigenvalue weighted by Crippen LogP contribution is -2.27. The maximum absolute atomic E-state index is 12.6. The lowest BCUT2D eigenvalue weighted by Gasteiger charge is -2.17. The number of rotatable bonds is 5. The van der Waals surface area contributed by atoms with Gasteiger partial charge in [0.15, 0.2) is 0 Å². The molecule has 0 radical (unpaired) electrons. The molecule has 5 nitrogen and oxygen atoms in total. The molecule has 0 atom stereocenters. The van der Waals surface area contributed by atoms with Crippen LogP contribution < -0.4 is 5.32 Å². The molecule has 0 aliphatic carbocycles. The number of amides is 2. The number of nitrogens with zero attached hydrogens (tertiary/aromatic N) is 2. The molecule has 0 aliphatic rings. The summed E-state index contributed by atoms with van der Waals surface area (Å²) >= 11 is 5.93. The number of carbonyl (C=O) groups is 2. The number of anilines is 1. The monoisotopic (exact) mass is 379 g/mol. The van der Waals surface area contributed by atoms with Gasteiger partial charge in [0.25, 0.3) is 11.8 Å². The van der Waals surface area contributed by atoms with Gasteiger partial charge in [0.2, 0.25) is 0 Å². The molecular formula is C21H18ClN3O2. The van der Waals surface area contributed by atoms with Gasteiger partial charge in [0.1, 0.15) is 5.69 Å².